The van der Waals surface area contributed by atoms with Gasteiger partial charge in [0.1, 0.15) is 0 Å². The Kier molecular flexibility index (Phi) is 8.94. The second-order valence-electron chi connectivity index (χ2n) is 5.92. The third kappa shape index (κ3) is 8.97. The normalized spacial score (nSPS) is 18.3. The van der Waals surface area contributed by atoms with Crippen molar-refractivity contribution < 1.29 is 0 Å². The zero-order valence-corrected chi connectivity index (χ0v) is 14.3. The largest absolute Gasteiger partial charge is 0.370 e. The first-order valence-corrected chi connectivity index (χ1v) is 6.79. The van der Waals surface area contributed by atoms with Crippen molar-refractivity contribution in [3.8, 4) is 0 Å². The van der Waals surface area contributed by atoms with E-state index >= 15 is 0 Å². The molecule has 0 atom stereocenters. The quantitative estimate of drug-likeness (QED) is 0.309. The van der Waals surface area contributed by atoms with Crippen molar-refractivity contribution >= 4 is 29.9 Å². The van der Waals surface area contributed by atoms with Crippen molar-refractivity contribution in [3.05, 3.63) is 0 Å². The van der Waals surface area contributed by atoms with Gasteiger partial charge >= 0.3 is 0 Å². The van der Waals surface area contributed by atoms with Crippen LogP contribution in [0.3, 0.4) is 0 Å². The Morgan fingerprint density at radius 2 is 1.83 bits per heavy atom. The zero-order valence-electron chi connectivity index (χ0n) is 12.0. The second-order valence-corrected chi connectivity index (χ2v) is 5.92. The lowest BCUT2D eigenvalue weighted by molar-refractivity contribution is 0.411. The molecule has 0 heterocycles. The Hall–Kier alpha value is -0.0400. The van der Waals surface area contributed by atoms with Crippen LogP contribution in [0.4, 0.5) is 0 Å². The number of aliphatic imine (C=N–C) groups is 1. The third-order valence-corrected chi connectivity index (χ3v) is 3.01. The summed E-state index contributed by atoms with van der Waals surface area (Å²) >= 11 is 0. The maximum absolute atomic E-state index is 5.87. The number of rotatable bonds is 4. The van der Waals surface area contributed by atoms with Crippen molar-refractivity contribution in [1.82, 2.24) is 10.6 Å². The van der Waals surface area contributed by atoms with Crippen LogP contribution in [-0.4, -0.2) is 30.6 Å². The molecule has 1 rings (SSSR count). The first kappa shape index (κ1) is 18.0. The van der Waals surface area contributed by atoms with E-state index in [0.29, 0.717) is 12.0 Å². The standard InChI is InChI=1S/C13H28N4.HI/c1-13(2,3)16-10-9-15-12(14)17-11-7-5-4-6-8-11;/h11,16H,4-10H2,1-3H3,(H3,14,15,17);1H. The molecule has 0 amide bonds. The molecule has 1 aliphatic carbocycles. The molecular weight excluding hydrogens is 339 g/mol. The van der Waals surface area contributed by atoms with Crippen molar-refractivity contribution in [2.45, 2.75) is 64.5 Å². The van der Waals surface area contributed by atoms with E-state index in [0.717, 1.165) is 13.1 Å². The molecule has 0 saturated heterocycles. The molecular formula is C13H29IN4. The third-order valence-electron chi connectivity index (χ3n) is 3.01. The highest BCUT2D eigenvalue weighted by Gasteiger charge is 2.13. The van der Waals surface area contributed by atoms with Gasteiger partial charge < -0.3 is 16.4 Å². The molecule has 5 heteroatoms. The summed E-state index contributed by atoms with van der Waals surface area (Å²) in [5.74, 6) is 0.604. The fourth-order valence-electron chi connectivity index (χ4n) is 2.11. The number of nitrogens with one attached hydrogen (secondary N) is 2. The molecule has 0 aliphatic heterocycles. The Labute approximate surface area is 129 Å². The summed E-state index contributed by atoms with van der Waals surface area (Å²) in [5.41, 5.74) is 6.02. The highest BCUT2D eigenvalue weighted by atomic mass is 127. The molecule has 0 unspecified atom stereocenters. The van der Waals surface area contributed by atoms with Crippen LogP contribution < -0.4 is 16.4 Å². The van der Waals surface area contributed by atoms with Gasteiger partial charge in [-0.3, -0.25) is 4.99 Å². The Morgan fingerprint density at radius 3 is 2.39 bits per heavy atom. The van der Waals surface area contributed by atoms with Crippen LogP contribution in [0.2, 0.25) is 0 Å². The monoisotopic (exact) mass is 368 g/mol. The van der Waals surface area contributed by atoms with Gasteiger partial charge in [0.2, 0.25) is 0 Å². The lowest BCUT2D eigenvalue weighted by atomic mass is 9.96. The summed E-state index contributed by atoms with van der Waals surface area (Å²) in [4.78, 5) is 4.34. The van der Waals surface area contributed by atoms with Gasteiger partial charge in [0.05, 0.1) is 6.54 Å². The topological polar surface area (TPSA) is 62.4 Å². The number of hydrogen-bond acceptors (Lipinski definition) is 2. The highest BCUT2D eigenvalue weighted by molar-refractivity contribution is 14.0. The maximum atomic E-state index is 5.87. The lowest BCUT2D eigenvalue weighted by Gasteiger charge is -2.23. The van der Waals surface area contributed by atoms with Crippen molar-refractivity contribution in [2.24, 2.45) is 10.7 Å². The average molecular weight is 368 g/mol. The summed E-state index contributed by atoms with van der Waals surface area (Å²) in [6, 6.07) is 0.545. The molecule has 108 valence electrons. The average Bonchev–Trinajstić information content (AvgIpc) is 2.25. The van der Waals surface area contributed by atoms with E-state index in [-0.39, 0.29) is 29.5 Å². The molecule has 0 radical (unpaired) electrons. The van der Waals surface area contributed by atoms with Gasteiger partial charge in [0.25, 0.3) is 0 Å². The predicted molar refractivity (Wildman–Crippen MR) is 89.7 cm³/mol. The van der Waals surface area contributed by atoms with E-state index in [2.05, 4.69) is 36.4 Å². The minimum atomic E-state index is 0. The molecule has 1 saturated carbocycles. The summed E-state index contributed by atoms with van der Waals surface area (Å²) < 4.78 is 0. The number of hydrogen-bond donors (Lipinski definition) is 3. The molecule has 4 nitrogen and oxygen atoms in total. The Morgan fingerprint density at radius 1 is 1.22 bits per heavy atom. The first-order valence-electron chi connectivity index (χ1n) is 6.79. The van der Waals surface area contributed by atoms with Crippen LogP contribution in [-0.2, 0) is 0 Å². The van der Waals surface area contributed by atoms with Crippen molar-refractivity contribution in [1.29, 1.82) is 0 Å². The number of guanidine groups is 1. The fraction of sp³-hybridized carbons (Fsp3) is 0.923. The molecule has 18 heavy (non-hydrogen) atoms. The number of nitrogens with two attached hydrogens (primary N) is 1. The van der Waals surface area contributed by atoms with E-state index in [1.54, 1.807) is 0 Å². The van der Waals surface area contributed by atoms with E-state index in [1.165, 1.54) is 32.1 Å². The summed E-state index contributed by atoms with van der Waals surface area (Å²) in [5, 5.41) is 6.71. The Bertz CT molecular complexity index is 242. The second kappa shape index (κ2) is 8.96. The predicted octanol–water partition coefficient (Wildman–Crippen LogP) is 2.23. The molecule has 1 fully saturated rings. The molecule has 0 bridgehead atoms. The highest BCUT2D eigenvalue weighted by Crippen LogP contribution is 2.16. The van der Waals surface area contributed by atoms with Gasteiger partial charge in [-0.25, -0.2) is 0 Å². The molecule has 0 aromatic rings. The van der Waals surface area contributed by atoms with Gasteiger partial charge in [0.15, 0.2) is 5.96 Å². The first-order chi connectivity index (χ1) is 7.97. The number of halogens is 1. The van der Waals surface area contributed by atoms with Crippen LogP contribution in [0.1, 0.15) is 52.9 Å². The van der Waals surface area contributed by atoms with Gasteiger partial charge in [-0.2, -0.15) is 0 Å². The summed E-state index contributed by atoms with van der Waals surface area (Å²) in [6.07, 6.45) is 6.46. The van der Waals surface area contributed by atoms with Crippen LogP contribution in [0.5, 0.6) is 0 Å². The number of nitrogens with zero attached hydrogens (tertiary/aromatic N) is 1. The van der Waals surface area contributed by atoms with Crippen LogP contribution in [0.15, 0.2) is 4.99 Å². The van der Waals surface area contributed by atoms with Crippen LogP contribution in [0.25, 0.3) is 0 Å². The van der Waals surface area contributed by atoms with Crippen molar-refractivity contribution in [2.75, 3.05) is 13.1 Å². The molecule has 1 aliphatic rings. The zero-order chi connectivity index (χ0) is 12.7. The van der Waals surface area contributed by atoms with Crippen LogP contribution >= 0.6 is 24.0 Å². The molecule has 0 spiro atoms. The Balaban J connectivity index is 0.00000289. The minimum Gasteiger partial charge on any atom is -0.370 e. The SMILES string of the molecule is CC(C)(C)NCCN=C(N)NC1CCCCC1.I. The van der Waals surface area contributed by atoms with Gasteiger partial charge in [-0.1, -0.05) is 19.3 Å². The van der Waals surface area contributed by atoms with Gasteiger partial charge in [-0.15, -0.1) is 24.0 Å². The van der Waals surface area contributed by atoms with Gasteiger partial charge in [-0.05, 0) is 33.6 Å². The molecule has 0 aromatic heterocycles. The smallest absolute Gasteiger partial charge is 0.188 e. The van der Waals surface area contributed by atoms with E-state index in [1.807, 2.05) is 0 Å². The van der Waals surface area contributed by atoms with Gasteiger partial charge in [0, 0.05) is 18.1 Å². The summed E-state index contributed by atoms with van der Waals surface area (Å²) in [6.45, 7) is 8.07. The molecule has 0 aromatic carbocycles. The fourth-order valence-corrected chi connectivity index (χ4v) is 2.11. The maximum Gasteiger partial charge on any atom is 0.188 e. The lowest BCUT2D eigenvalue weighted by Crippen LogP contribution is -2.42. The van der Waals surface area contributed by atoms with E-state index < -0.39 is 0 Å². The van der Waals surface area contributed by atoms with E-state index in [9.17, 15) is 0 Å². The molecule has 4 N–H and O–H groups in total. The van der Waals surface area contributed by atoms with E-state index in [4.69, 9.17) is 5.73 Å². The van der Waals surface area contributed by atoms with Crippen molar-refractivity contribution in [3.63, 3.8) is 0 Å². The minimum absolute atomic E-state index is 0. The van der Waals surface area contributed by atoms with Crippen LogP contribution in [0, 0.1) is 0 Å². The summed E-state index contributed by atoms with van der Waals surface area (Å²) in [7, 11) is 0.